The summed E-state index contributed by atoms with van der Waals surface area (Å²) in [7, 11) is -3.56. The van der Waals surface area contributed by atoms with E-state index < -0.39 is 10.0 Å². The van der Waals surface area contributed by atoms with Crippen molar-refractivity contribution in [3.05, 3.63) is 47.5 Å². The van der Waals surface area contributed by atoms with Gasteiger partial charge in [0.2, 0.25) is 15.9 Å². The average Bonchev–Trinajstić information content (AvgIpc) is 3.20. The molecule has 0 aliphatic carbocycles. The Kier molecular flexibility index (Phi) is 8.78. The first kappa shape index (κ1) is 26.2. The molecule has 1 N–H and O–H groups in total. The van der Waals surface area contributed by atoms with E-state index in [2.05, 4.69) is 24.1 Å². The van der Waals surface area contributed by atoms with Crippen LogP contribution in [0.4, 0.5) is 5.69 Å². The number of imidazole rings is 1. The number of aryl methyl sites for hydroxylation is 3. The lowest BCUT2D eigenvalue weighted by Crippen LogP contribution is -2.30. The first-order valence-corrected chi connectivity index (χ1v) is 14.3. The van der Waals surface area contributed by atoms with Gasteiger partial charge in [-0.1, -0.05) is 57.7 Å². The zero-order valence-corrected chi connectivity index (χ0v) is 22.2. The molecule has 3 aromatic rings. The monoisotopic (exact) mass is 502 g/mol. The van der Waals surface area contributed by atoms with Gasteiger partial charge in [0, 0.05) is 25.3 Å². The minimum Gasteiger partial charge on any atom is -0.325 e. The summed E-state index contributed by atoms with van der Waals surface area (Å²) in [6.07, 6.45) is 1.70. The second kappa shape index (κ2) is 11.4. The predicted octanol–water partition coefficient (Wildman–Crippen LogP) is 4.94. The minimum atomic E-state index is -3.56. The highest BCUT2D eigenvalue weighted by molar-refractivity contribution is 7.99. The first-order chi connectivity index (χ1) is 16.3. The lowest BCUT2D eigenvalue weighted by molar-refractivity contribution is -0.113. The van der Waals surface area contributed by atoms with Crippen molar-refractivity contribution in [3.8, 4) is 0 Å². The molecule has 0 saturated heterocycles. The maximum atomic E-state index is 12.9. The molecule has 1 heterocycles. The van der Waals surface area contributed by atoms with E-state index in [0.717, 1.165) is 35.2 Å². The van der Waals surface area contributed by atoms with Crippen molar-refractivity contribution in [2.45, 2.75) is 64.1 Å². The average molecular weight is 503 g/mol. The Labute approximate surface area is 207 Å². The number of nitrogens with zero attached hydrogens (tertiary/aromatic N) is 3. The topological polar surface area (TPSA) is 84.3 Å². The van der Waals surface area contributed by atoms with E-state index in [1.165, 1.54) is 16.1 Å². The quantitative estimate of drug-likeness (QED) is 0.375. The molecule has 0 spiro atoms. The Hall–Kier alpha value is -2.36. The van der Waals surface area contributed by atoms with Crippen molar-refractivity contribution < 1.29 is 13.2 Å². The highest BCUT2D eigenvalue weighted by Gasteiger charge is 2.23. The molecule has 0 fully saturated rings. The normalized spacial score (nSPS) is 11.9. The predicted molar refractivity (Wildman–Crippen MR) is 140 cm³/mol. The van der Waals surface area contributed by atoms with E-state index in [9.17, 15) is 13.2 Å². The van der Waals surface area contributed by atoms with Gasteiger partial charge in [0.25, 0.3) is 0 Å². The van der Waals surface area contributed by atoms with Crippen LogP contribution in [-0.2, 0) is 34.2 Å². The van der Waals surface area contributed by atoms with E-state index >= 15 is 0 Å². The zero-order chi connectivity index (χ0) is 24.9. The van der Waals surface area contributed by atoms with Crippen molar-refractivity contribution >= 4 is 44.4 Å². The van der Waals surface area contributed by atoms with Crippen LogP contribution in [-0.4, -0.2) is 47.0 Å². The summed E-state index contributed by atoms with van der Waals surface area (Å²) in [4.78, 5) is 17.7. The van der Waals surface area contributed by atoms with Crippen LogP contribution in [0.2, 0.25) is 0 Å². The van der Waals surface area contributed by atoms with Gasteiger partial charge in [-0.3, -0.25) is 4.79 Å². The Morgan fingerprint density at radius 2 is 1.68 bits per heavy atom. The molecule has 34 heavy (non-hydrogen) atoms. The van der Waals surface area contributed by atoms with Gasteiger partial charge < -0.3 is 9.88 Å². The van der Waals surface area contributed by atoms with Crippen molar-refractivity contribution in [1.82, 2.24) is 13.9 Å². The summed E-state index contributed by atoms with van der Waals surface area (Å²) < 4.78 is 29.3. The van der Waals surface area contributed by atoms with Gasteiger partial charge in [-0.05, 0) is 49.1 Å². The van der Waals surface area contributed by atoms with Crippen LogP contribution >= 0.6 is 11.8 Å². The zero-order valence-electron chi connectivity index (χ0n) is 20.6. The maximum Gasteiger partial charge on any atom is 0.243 e. The summed E-state index contributed by atoms with van der Waals surface area (Å²) in [6, 6.07) is 11.2. The largest absolute Gasteiger partial charge is 0.325 e. The van der Waals surface area contributed by atoms with Crippen molar-refractivity contribution in [2.24, 2.45) is 0 Å². The molecule has 0 radical (unpaired) electrons. The summed E-state index contributed by atoms with van der Waals surface area (Å²) in [5.74, 6) is 0.134. The summed E-state index contributed by atoms with van der Waals surface area (Å²) in [5, 5.41) is 3.79. The standard InChI is InChI=1S/C25H34N4O3S2/c1-6-18-12-11-13-19(7-2)24(18)27-23(30)17-33-25-26-21-16-20(14-15-22(21)29(25)10-5)34(31,32)28(8-3)9-4/h11-16H,6-10,17H2,1-5H3,(H,27,30). The molecule has 1 aromatic heterocycles. The van der Waals surface area contributed by atoms with Crippen LogP contribution in [0.25, 0.3) is 11.0 Å². The van der Waals surface area contributed by atoms with Crippen LogP contribution in [0, 0.1) is 0 Å². The fourth-order valence-corrected chi connectivity index (χ4v) is 6.44. The van der Waals surface area contributed by atoms with Crippen LogP contribution in [0.3, 0.4) is 0 Å². The summed E-state index contributed by atoms with van der Waals surface area (Å²) in [6.45, 7) is 11.3. The fourth-order valence-electron chi connectivity index (χ4n) is 4.09. The molecule has 7 nitrogen and oxygen atoms in total. The second-order valence-electron chi connectivity index (χ2n) is 7.87. The fraction of sp³-hybridized carbons (Fsp3) is 0.440. The molecular weight excluding hydrogens is 468 g/mol. The molecule has 0 unspecified atom stereocenters. The maximum absolute atomic E-state index is 12.9. The Morgan fingerprint density at radius 1 is 1.03 bits per heavy atom. The van der Waals surface area contributed by atoms with Crippen molar-refractivity contribution in [1.29, 1.82) is 0 Å². The van der Waals surface area contributed by atoms with Gasteiger partial charge >= 0.3 is 0 Å². The number of nitrogens with one attached hydrogen (secondary N) is 1. The number of carbonyl (C=O) groups is 1. The molecule has 1 amide bonds. The first-order valence-electron chi connectivity index (χ1n) is 11.8. The number of thioether (sulfide) groups is 1. The number of carbonyl (C=O) groups excluding carboxylic acids is 1. The number of amides is 1. The molecule has 0 aliphatic rings. The van der Waals surface area contributed by atoms with E-state index in [0.29, 0.717) is 30.3 Å². The van der Waals surface area contributed by atoms with Crippen LogP contribution in [0.1, 0.15) is 45.7 Å². The number of benzene rings is 2. The smallest absolute Gasteiger partial charge is 0.243 e. The lowest BCUT2D eigenvalue weighted by atomic mass is 10.0. The number of hydrogen-bond acceptors (Lipinski definition) is 5. The van der Waals surface area contributed by atoms with E-state index in [1.54, 1.807) is 18.2 Å². The molecule has 184 valence electrons. The van der Waals surface area contributed by atoms with Crippen LogP contribution < -0.4 is 5.32 Å². The minimum absolute atomic E-state index is 0.0832. The molecule has 0 aliphatic heterocycles. The summed E-state index contributed by atoms with van der Waals surface area (Å²) >= 11 is 1.36. The van der Waals surface area contributed by atoms with Crippen molar-refractivity contribution in [3.63, 3.8) is 0 Å². The molecule has 2 aromatic carbocycles. The third-order valence-corrected chi connectivity index (χ3v) is 8.96. The highest BCUT2D eigenvalue weighted by Crippen LogP contribution is 2.28. The van der Waals surface area contributed by atoms with Gasteiger partial charge in [0.15, 0.2) is 5.16 Å². The number of fused-ring (bicyclic) bond motifs is 1. The van der Waals surface area contributed by atoms with Crippen LogP contribution in [0.5, 0.6) is 0 Å². The number of hydrogen-bond donors (Lipinski definition) is 1. The Morgan fingerprint density at radius 3 is 2.24 bits per heavy atom. The number of sulfonamides is 1. The van der Waals surface area contributed by atoms with Gasteiger partial charge in [-0.25, -0.2) is 13.4 Å². The van der Waals surface area contributed by atoms with E-state index in [1.807, 2.05) is 43.5 Å². The third kappa shape index (κ3) is 5.31. The van der Waals surface area contributed by atoms with Crippen molar-refractivity contribution in [2.75, 3.05) is 24.2 Å². The SMILES string of the molecule is CCc1cccc(CC)c1NC(=O)CSc1nc2cc(S(=O)(=O)N(CC)CC)ccc2n1CC. The van der Waals surface area contributed by atoms with E-state index in [4.69, 9.17) is 0 Å². The Bertz CT molecular complexity index is 1240. The molecule has 0 atom stereocenters. The van der Waals surface area contributed by atoms with Gasteiger partial charge in [0.05, 0.1) is 21.7 Å². The molecular formula is C25H34N4O3S2. The van der Waals surface area contributed by atoms with Gasteiger partial charge in [-0.15, -0.1) is 0 Å². The third-order valence-electron chi connectivity index (χ3n) is 5.94. The molecule has 0 bridgehead atoms. The number of anilines is 1. The number of rotatable bonds is 11. The van der Waals surface area contributed by atoms with E-state index in [-0.39, 0.29) is 16.6 Å². The Balaban J connectivity index is 1.83. The van der Waals surface area contributed by atoms with Gasteiger partial charge in [0.1, 0.15) is 0 Å². The summed E-state index contributed by atoms with van der Waals surface area (Å²) in [5.41, 5.74) is 4.63. The molecule has 3 rings (SSSR count). The highest BCUT2D eigenvalue weighted by atomic mass is 32.2. The van der Waals surface area contributed by atoms with Gasteiger partial charge in [-0.2, -0.15) is 4.31 Å². The molecule has 9 heteroatoms. The lowest BCUT2D eigenvalue weighted by Gasteiger charge is -2.18. The molecule has 0 saturated carbocycles. The number of para-hydroxylation sites is 1. The second-order valence-corrected chi connectivity index (χ2v) is 10.8. The number of aromatic nitrogens is 2. The van der Waals surface area contributed by atoms with Crippen LogP contribution in [0.15, 0.2) is 46.5 Å².